The second-order valence-electron chi connectivity index (χ2n) is 6.44. The Bertz CT molecular complexity index is 733. The SMILES string of the molecule is CCCOC(=O)C1C2C=CC3(CN(c4ccccc4Br)C(=O)C13)O2. The van der Waals surface area contributed by atoms with E-state index in [0.29, 0.717) is 13.2 Å². The molecule has 126 valence electrons. The van der Waals surface area contributed by atoms with Gasteiger partial charge in [0.25, 0.3) is 0 Å². The van der Waals surface area contributed by atoms with Crippen LogP contribution in [0.4, 0.5) is 5.69 Å². The fraction of sp³-hybridized carbons (Fsp3) is 0.444. The molecule has 1 aromatic carbocycles. The van der Waals surface area contributed by atoms with Gasteiger partial charge in [-0.2, -0.15) is 0 Å². The first-order valence-electron chi connectivity index (χ1n) is 8.17. The molecule has 3 aliphatic rings. The van der Waals surface area contributed by atoms with E-state index in [-0.39, 0.29) is 18.0 Å². The summed E-state index contributed by atoms with van der Waals surface area (Å²) in [5, 5.41) is 0. The van der Waals surface area contributed by atoms with Crippen molar-refractivity contribution in [3.8, 4) is 0 Å². The van der Waals surface area contributed by atoms with Gasteiger partial charge >= 0.3 is 5.97 Å². The highest BCUT2D eigenvalue weighted by Gasteiger charge is 2.67. The van der Waals surface area contributed by atoms with Gasteiger partial charge in [-0.15, -0.1) is 0 Å². The predicted molar refractivity (Wildman–Crippen MR) is 91.5 cm³/mol. The summed E-state index contributed by atoms with van der Waals surface area (Å²) < 4.78 is 12.2. The predicted octanol–water partition coefficient (Wildman–Crippen LogP) is 2.69. The number of hydrogen-bond acceptors (Lipinski definition) is 4. The number of esters is 1. The first-order valence-corrected chi connectivity index (χ1v) is 8.96. The number of rotatable bonds is 4. The summed E-state index contributed by atoms with van der Waals surface area (Å²) in [4.78, 5) is 27.3. The van der Waals surface area contributed by atoms with Crippen LogP contribution in [0.15, 0.2) is 40.9 Å². The zero-order valence-corrected chi connectivity index (χ0v) is 14.9. The lowest BCUT2D eigenvalue weighted by molar-refractivity contribution is -0.152. The van der Waals surface area contributed by atoms with Crippen LogP contribution in [0.5, 0.6) is 0 Å². The van der Waals surface area contributed by atoms with Gasteiger partial charge < -0.3 is 14.4 Å². The van der Waals surface area contributed by atoms with E-state index in [1.807, 2.05) is 43.3 Å². The van der Waals surface area contributed by atoms with E-state index >= 15 is 0 Å². The highest BCUT2D eigenvalue weighted by Crippen LogP contribution is 2.53. The van der Waals surface area contributed by atoms with E-state index in [2.05, 4.69) is 15.9 Å². The van der Waals surface area contributed by atoms with Crippen molar-refractivity contribution in [2.75, 3.05) is 18.1 Å². The van der Waals surface area contributed by atoms with E-state index in [9.17, 15) is 9.59 Å². The van der Waals surface area contributed by atoms with Crippen molar-refractivity contribution in [1.29, 1.82) is 0 Å². The molecule has 2 bridgehead atoms. The number of carbonyl (C=O) groups is 2. The van der Waals surface area contributed by atoms with Crippen LogP contribution in [-0.4, -0.2) is 36.7 Å². The highest BCUT2D eigenvalue weighted by molar-refractivity contribution is 9.10. The number of halogens is 1. The third-order valence-electron chi connectivity index (χ3n) is 4.96. The summed E-state index contributed by atoms with van der Waals surface area (Å²) in [6.45, 7) is 2.73. The summed E-state index contributed by atoms with van der Waals surface area (Å²) >= 11 is 3.50. The van der Waals surface area contributed by atoms with Gasteiger partial charge in [0, 0.05) is 4.47 Å². The van der Waals surface area contributed by atoms with Crippen molar-refractivity contribution in [3.63, 3.8) is 0 Å². The van der Waals surface area contributed by atoms with Crippen LogP contribution in [0.2, 0.25) is 0 Å². The number of nitrogens with zero attached hydrogens (tertiary/aromatic N) is 1. The number of fused-ring (bicyclic) bond motifs is 1. The molecule has 1 spiro atoms. The van der Waals surface area contributed by atoms with E-state index < -0.39 is 17.4 Å². The molecule has 4 atom stereocenters. The molecular formula is C18H18BrNO4. The van der Waals surface area contributed by atoms with Gasteiger partial charge in [-0.1, -0.05) is 31.2 Å². The van der Waals surface area contributed by atoms with Crippen LogP contribution in [0.1, 0.15) is 13.3 Å². The number of amides is 1. The van der Waals surface area contributed by atoms with Crippen LogP contribution in [-0.2, 0) is 19.1 Å². The molecular weight excluding hydrogens is 374 g/mol. The van der Waals surface area contributed by atoms with Crippen LogP contribution in [0, 0.1) is 11.8 Å². The average Bonchev–Trinajstić information content (AvgIpc) is 3.21. The summed E-state index contributed by atoms with van der Waals surface area (Å²) in [5.74, 6) is -1.47. The lowest BCUT2D eigenvalue weighted by atomic mass is 9.77. The summed E-state index contributed by atoms with van der Waals surface area (Å²) in [6, 6.07) is 7.58. The molecule has 3 aliphatic heterocycles. The molecule has 3 heterocycles. The van der Waals surface area contributed by atoms with Crippen LogP contribution in [0.3, 0.4) is 0 Å². The Morgan fingerprint density at radius 2 is 2.25 bits per heavy atom. The van der Waals surface area contributed by atoms with Crippen LogP contribution < -0.4 is 4.90 Å². The maximum absolute atomic E-state index is 13.1. The average molecular weight is 392 g/mol. The molecule has 1 amide bonds. The van der Waals surface area contributed by atoms with Gasteiger partial charge in [-0.3, -0.25) is 9.59 Å². The maximum atomic E-state index is 13.1. The van der Waals surface area contributed by atoms with Gasteiger partial charge in [0.05, 0.1) is 30.9 Å². The summed E-state index contributed by atoms with van der Waals surface area (Å²) in [6.07, 6.45) is 4.24. The third kappa shape index (κ3) is 2.16. The highest BCUT2D eigenvalue weighted by atomic mass is 79.9. The standard InChI is InChI=1S/C18H18BrNO4/c1-2-9-23-17(22)14-13-7-8-18(24-13)10-20(16(21)15(14)18)12-6-4-3-5-11(12)19/h3-8,13-15H,2,9-10H2,1H3. The van der Waals surface area contributed by atoms with Crippen molar-refractivity contribution in [3.05, 3.63) is 40.9 Å². The Balaban J connectivity index is 1.67. The first kappa shape index (κ1) is 15.8. The van der Waals surface area contributed by atoms with E-state index in [0.717, 1.165) is 16.6 Å². The van der Waals surface area contributed by atoms with E-state index in [1.54, 1.807) is 4.90 Å². The monoisotopic (exact) mass is 391 g/mol. The lowest BCUT2D eigenvalue weighted by Gasteiger charge is -2.22. The number of anilines is 1. The molecule has 0 saturated carbocycles. The number of benzene rings is 1. The van der Waals surface area contributed by atoms with Crippen LogP contribution in [0.25, 0.3) is 0 Å². The summed E-state index contributed by atoms with van der Waals surface area (Å²) in [5.41, 5.74) is 0.0832. The molecule has 0 aromatic heterocycles. The molecule has 4 unspecified atom stereocenters. The Morgan fingerprint density at radius 1 is 1.46 bits per heavy atom. The van der Waals surface area contributed by atoms with E-state index in [4.69, 9.17) is 9.47 Å². The molecule has 4 rings (SSSR count). The minimum absolute atomic E-state index is 0.0767. The summed E-state index contributed by atoms with van der Waals surface area (Å²) in [7, 11) is 0. The molecule has 0 radical (unpaired) electrons. The number of ether oxygens (including phenoxy) is 2. The van der Waals surface area contributed by atoms with Gasteiger partial charge in [0.2, 0.25) is 5.91 Å². The topological polar surface area (TPSA) is 55.8 Å². The zero-order chi connectivity index (χ0) is 16.9. The Labute approximate surface area is 148 Å². The largest absolute Gasteiger partial charge is 0.465 e. The quantitative estimate of drug-likeness (QED) is 0.584. The van der Waals surface area contributed by atoms with Gasteiger partial charge in [0.15, 0.2) is 0 Å². The van der Waals surface area contributed by atoms with Crippen molar-refractivity contribution in [2.24, 2.45) is 11.8 Å². The Kier molecular flexibility index (Phi) is 3.77. The number of para-hydroxylation sites is 1. The Morgan fingerprint density at radius 3 is 3.00 bits per heavy atom. The molecule has 24 heavy (non-hydrogen) atoms. The molecule has 0 aliphatic carbocycles. The van der Waals surface area contributed by atoms with Crippen molar-refractivity contribution < 1.29 is 19.1 Å². The second-order valence-corrected chi connectivity index (χ2v) is 7.30. The van der Waals surface area contributed by atoms with Crippen molar-refractivity contribution in [2.45, 2.75) is 25.0 Å². The molecule has 1 aromatic rings. The Hall–Kier alpha value is -1.66. The smallest absolute Gasteiger partial charge is 0.312 e. The van der Waals surface area contributed by atoms with Crippen molar-refractivity contribution in [1.82, 2.24) is 0 Å². The zero-order valence-electron chi connectivity index (χ0n) is 13.3. The van der Waals surface area contributed by atoms with Crippen LogP contribution >= 0.6 is 15.9 Å². The molecule has 2 fully saturated rings. The lowest BCUT2D eigenvalue weighted by Crippen LogP contribution is -2.40. The van der Waals surface area contributed by atoms with Crippen molar-refractivity contribution >= 4 is 33.5 Å². The minimum Gasteiger partial charge on any atom is -0.465 e. The number of hydrogen-bond donors (Lipinski definition) is 0. The fourth-order valence-corrected chi connectivity index (χ4v) is 4.44. The van der Waals surface area contributed by atoms with Gasteiger partial charge in [-0.25, -0.2) is 0 Å². The molecule has 0 N–H and O–H groups in total. The normalized spacial score (nSPS) is 33.2. The fourth-order valence-electron chi connectivity index (χ4n) is 3.94. The van der Waals surface area contributed by atoms with E-state index in [1.165, 1.54) is 0 Å². The second kappa shape index (κ2) is 5.70. The molecule has 5 nitrogen and oxygen atoms in total. The number of carbonyl (C=O) groups excluding carboxylic acids is 2. The third-order valence-corrected chi connectivity index (χ3v) is 5.63. The van der Waals surface area contributed by atoms with Gasteiger partial charge in [-0.05, 0) is 34.5 Å². The molecule has 6 heteroatoms. The first-order chi connectivity index (χ1) is 11.6. The van der Waals surface area contributed by atoms with Gasteiger partial charge in [0.1, 0.15) is 11.5 Å². The molecule has 2 saturated heterocycles. The minimum atomic E-state index is -0.715. The maximum Gasteiger partial charge on any atom is 0.312 e.